The molecule has 21 heavy (non-hydrogen) atoms. The van der Waals surface area contributed by atoms with Crippen molar-refractivity contribution in [2.75, 3.05) is 7.11 Å². The molecule has 2 aromatic rings. The summed E-state index contributed by atoms with van der Waals surface area (Å²) in [5, 5.41) is 6.84. The zero-order chi connectivity index (χ0) is 14.9. The van der Waals surface area contributed by atoms with Gasteiger partial charge in [-0.2, -0.15) is 5.10 Å². The molecule has 2 aromatic heterocycles. The zero-order valence-corrected chi connectivity index (χ0v) is 11.4. The Labute approximate surface area is 120 Å². The van der Waals surface area contributed by atoms with Crippen LogP contribution in [0.4, 0.5) is 0 Å². The molecule has 0 spiro atoms. The fourth-order valence-corrected chi connectivity index (χ4v) is 2.06. The number of amides is 1. The van der Waals surface area contributed by atoms with Crippen LogP contribution in [0.15, 0.2) is 36.9 Å². The largest absolute Gasteiger partial charge is 0.467 e. The summed E-state index contributed by atoms with van der Waals surface area (Å²) < 4.78 is 6.26. The molecule has 2 heterocycles. The summed E-state index contributed by atoms with van der Waals surface area (Å²) in [4.78, 5) is 27.8. The maximum absolute atomic E-state index is 12.2. The first-order chi connectivity index (χ1) is 10.1. The van der Waals surface area contributed by atoms with Gasteiger partial charge in [0.2, 0.25) is 0 Å². The van der Waals surface area contributed by atoms with E-state index < -0.39 is 11.5 Å². The third-order valence-corrected chi connectivity index (χ3v) is 3.43. The molecule has 0 atom stereocenters. The van der Waals surface area contributed by atoms with E-state index in [1.54, 1.807) is 29.3 Å². The van der Waals surface area contributed by atoms with E-state index in [9.17, 15) is 9.59 Å². The van der Waals surface area contributed by atoms with Crippen molar-refractivity contribution < 1.29 is 14.3 Å². The molecule has 0 aliphatic heterocycles. The van der Waals surface area contributed by atoms with Gasteiger partial charge in [0, 0.05) is 12.4 Å². The van der Waals surface area contributed by atoms with Crippen molar-refractivity contribution in [2.45, 2.75) is 18.4 Å². The fraction of sp³-hybridized carbons (Fsp3) is 0.286. The first-order valence-corrected chi connectivity index (χ1v) is 6.51. The van der Waals surface area contributed by atoms with E-state index in [0.717, 1.165) is 5.69 Å². The third-order valence-electron chi connectivity index (χ3n) is 3.43. The summed E-state index contributed by atoms with van der Waals surface area (Å²) in [6.07, 6.45) is 7.55. The Morgan fingerprint density at radius 1 is 1.38 bits per heavy atom. The van der Waals surface area contributed by atoms with Crippen molar-refractivity contribution in [1.29, 1.82) is 0 Å². The molecule has 108 valence electrons. The van der Waals surface area contributed by atoms with Crippen LogP contribution in [0.25, 0.3) is 5.69 Å². The highest BCUT2D eigenvalue weighted by molar-refractivity contribution is 5.99. The topological polar surface area (TPSA) is 86.1 Å². The molecule has 3 rings (SSSR count). The molecule has 0 aromatic carbocycles. The summed E-state index contributed by atoms with van der Waals surface area (Å²) in [6, 6.07) is 3.62. The van der Waals surface area contributed by atoms with Crippen molar-refractivity contribution in [1.82, 2.24) is 20.1 Å². The number of carbonyl (C=O) groups is 2. The van der Waals surface area contributed by atoms with Crippen molar-refractivity contribution in [3.05, 3.63) is 42.5 Å². The normalized spacial score (nSPS) is 15.3. The molecule has 0 bridgehead atoms. The maximum atomic E-state index is 12.2. The summed E-state index contributed by atoms with van der Waals surface area (Å²) in [6.45, 7) is 0. The number of aromatic nitrogens is 3. The second kappa shape index (κ2) is 5.01. The number of carbonyl (C=O) groups excluding carboxylic acids is 2. The van der Waals surface area contributed by atoms with Crippen LogP contribution in [-0.2, 0) is 9.53 Å². The number of nitrogens with zero attached hydrogens (tertiary/aromatic N) is 3. The summed E-state index contributed by atoms with van der Waals surface area (Å²) in [7, 11) is 1.31. The van der Waals surface area contributed by atoms with Crippen LogP contribution in [-0.4, -0.2) is 39.3 Å². The maximum Gasteiger partial charge on any atom is 0.331 e. The van der Waals surface area contributed by atoms with Crippen LogP contribution < -0.4 is 5.32 Å². The average Bonchev–Trinajstić information content (AvgIpc) is 3.13. The van der Waals surface area contributed by atoms with Gasteiger partial charge in [0.1, 0.15) is 5.54 Å². The van der Waals surface area contributed by atoms with E-state index in [1.165, 1.54) is 13.3 Å². The van der Waals surface area contributed by atoms with Gasteiger partial charge in [-0.3, -0.25) is 9.78 Å². The highest BCUT2D eigenvalue weighted by atomic mass is 16.5. The lowest BCUT2D eigenvalue weighted by Gasteiger charge is -2.13. The van der Waals surface area contributed by atoms with Crippen molar-refractivity contribution in [3.8, 4) is 5.69 Å². The van der Waals surface area contributed by atoms with Gasteiger partial charge in [0.15, 0.2) is 0 Å². The molecular formula is C14H14N4O3. The fourth-order valence-electron chi connectivity index (χ4n) is 2.06. The minimum Gasteiger partial charge on any atom is -0.467 e. The lowest BCUT2D eigenvalue weighted by atomic mass is 10.2. The van der Waals surface area contributed by atoms with Gasteiger partial charge in [-0.1, -0.05) is 0 Å². The molecule has 1 aliphatic carbocycles. The highest BCUT2D eigenvalue weighted by Crippen LogP contribution is 2.36. The van der Waals surface area contributed by atoms with Gasteiger partial charge in [-0.15, -0.1) is 0 Å². The van der Waals surface area contributed by atoms with Gasteiger partial charge >= 0.3 is 5.97 Å². The Bertz CT molecular complexity index is 677. The third kappa shape index (κ3) is 2.49. The summed E-state index contributed by atoms with van der Waals surface area (Å²) in [5.74, 6) is -0.747. The van der Waals surface area contributed by atoms with Crippen molar-refractivity contribution >= 4 is 11.9 Å². The molecule has 1 aliphatic rings. The SMILES string of the molecule is COC(=O)C1(NC(=O)c2cnn(-c3cccnc3)c2)CC1. The number of rotatable bonds is 4. The monoisotopic (exact) mass is 286 g/mol. The predicted octanol–water partition coefficient (Wildman–Crippen LogP) is 0.703. The molecule has 1 fully saturated rings. The second-order valence-corrected chi connectivity index (χ2v) is 4.91. The van der Waals surface area contributed by atoms with Gasteiger partial charge in [-0.05, 0) is 25.0 Å². The highest BCUT2D eigenvalue weighted by Gasteiger charge is 2.52. The smallest absolute Gasteiger partial charge is 0.331 e. The lowest BCUT2D eigenvalue weighted by Crippen LogP contribution is -2.43. The van der Waals surface area contributed by atoms with E-state index in [0.29, 0.717) is 18.4 Å². The quantitative estimate of drug-likeness (QED) is 0.836. The zero-order valence-electron chi connectivity index (χ0n) is 11.4. The van der Waals surface area contributed by atoms with Gasteiger partial charge in [0.25, 0.3) is 5.91 Å². The van der Waals surface area contributed by atoms with Crippen LogP contribution in [0, 0.1) is 0 Å². The minimum atomic E-state index is -0.859. The van der Waals surface area contributed by atoms with Crippen LogP contribution in [0.5, 0.6) is 0 Å². The first-order valence-electron chi connectivity index (χ1n) is 6.51. The van der Waals surface area contributed by atoms with E-state index in [4.69, 9.17) is 4.74 Å². The van der Waals surface area contributed by atoms with E-state index >= 15 is 0 Å². The minimum absolute atomic E-state index is 0.340. The standard InChI is InChI=1S/C14H14N4O3/c1-21-13(20)14(4-5-14)17-12(19)10-7-16-18(9-10)11-3-2-6-15-8-11/h2-3,6-9H,4-5H2,1H3,(H,17,19). The van der Waals surface area contributed by atoms with Gasteiger partial charge < -0.3 is 10.1 Å². The molecule has 1 amide bonds. The molecule has 1 saturated carbocycles. The van der Waals surface area contributed by atoms with E-state index in [2.05, 4.69) is 15.4 Å². The van der Waals surface area contributed by atoms with Crippen molar-refractivity contribution in [3.63, 3.8) is 0 Å². The van der Waals surface area contributed by atoms with Crippen molar-refractivity contribution in [2.24, 2.45) is 0 Å². The lowest BCUT2D eigenvalue weighted by molar-refractivity contribution is -0.144. The average molecular weight is 286 g/mol. The summed E-state index contributed by atoms with van der Waals surface area (Å²) in [5.41, 5.74) is 0.280. The second-order valence-electron chi connectivity index (χ2n) is 4.91. The molecule has 0 unspecified atom stereocenters. The van der Waals surface area contributed by atoms with Crippen LogP contribution in [0.1, 0.15) is 23.2 Å². The number of ether oxygens (including phenoxy) is 1. The number of hydrogen-bond donors (Lipinski definition) is 1. The number of nitrogens with one attached hydrogen (secondary N) is 1. The number of hydrogen-bond acceptors (Lipinski definition) is 5. The predicted molar refractivity (Wildman–Crippen MR) is 72.8 cm³/mol. The van der Waals surface area contributed by atoms with Gasteiger partial charge in [0.05, 0.1) is 30.8 Å². The molecular weight excluding hydrogens is 272 g/mol. The number of esters is 1. The first kappa shape index (κ1) is 13.3. The van der Waals surface area contributed by atoms with Crippen LogP contribution in [0.3, 0.4) is 0 Å². The Balaban J connectivity index is 1.75. The van der Waals surface area contributed by atoms with Crippen LogP contribution in [0.2, 0.25) is 0 Å². The Morgan fingerprint density at radius 3 is 2.81 bits per heavy atom. The molecule has 1 N–H and O–H groups in total. The molecule has 0 saturated heterocycles. The van der Waals surface area contributed by atoms with Gasteiger partial charge in [-0.25, -0.2) is 9.48 Å². The van der Waals surface area contributed by atoms with E-state index in [-0.39, 0.29) is 5.91 Å². The molecule has 7 nitrogen and oxygen atoms in total. The molecule has 0 radical (unpaired) electrons. The summed E-state index contributed by atoms with van der Waals surface area (Å²) >= 11 is 0. The van der Waals surface area contributed by atoms with Crippen LogP contribution >= 0.6 is 0 Å². The van der Waals surface area contributed by atoms with E-state index in [1.807, 2.05) is 6.07 Å². The number of pyridine rings is 1. The Morgan fingerprint density at radius 2 is 2.19 bits per heavy atom. The number of methoxy groups -OCH3 is 1. The Kier molecular flexibility index (Phi) is 3.17. The Hall–Kier alpha value is -2.70. The molecule has 7 heteroatoms.